The third kappa shape index (κ3) is 7.06. The average Bonchev–Trinajstić information content (AvgIpc) is 2.78. The van der Waals surface area contributed by atoms with Crippen molar-refractivity contribution in [3.63, 3.8) is 0 Å². The van der Waals surface area contributed by atoms with Crippen LogP contribution in [0.3, 0.4) is 0 Å². The van der Waals surface area contributed by atoms with Gasteiger partial charge in [0.05, 0.1) is 0 Å². The number of hydrogen-bond donors (Lipinski definition) is 1. The largest absolute Gasteiger partial charge is 0.465 e. The van der Waals surface area contributed by atoms with Crippen LogP contribution in [0.1, 0.15) is 85.0 Å². The molecular formula is C26H40N2O6. The van der Waals surface area contributed by atoms with E-state index in [9.17, 15) is 19.2 Å². The molecule has 0 atom stereocenters. The van der Waals surface area contributed by atoms with Gasteiger partial charge in [0.15, 0.2) is 5.78 Å². The van der Waals surface area contributed by atoms with Crippen molar-refractivity contribution in [2.75, 3.05) is 26.2 Å². The van der Waals surface area contributed by atoms with Gasteiger partial charge in [0.25, 0.3) is 0 Å². The maximum Gasteiger partial charge on any atom is 0.410 e. The number of rotatable bonds is 0. The van der Waals surface area contributed by atoms with Crippen molar-refractivity contribution < 1.29 is 29.0 Å². The predicted molar refractivity (Wildman–Crippen MR) is 128 cm³/mol. The van der Waals surface area contributed by atoms with E-state index in [0.29, 0.717) is 51.2 Å². The summed E-state index contributed by atoms with van der Waals surface area (Å²) >= 11 is 0. The van der Waals surface area contributed by atoms with E-state index < -0.39 is 11.7 Å². The van der Waals surface area contributed by atoms with Crippen molar-refractivity contribution >= 4 is 23.8 Å². The minimum absolute atomic E-state index is 0.131. The SMILES string of the molecule is CC(C)(C)OC(=O)N1CCC2(C=CC(=O)CC2)CC1.O=C1CCC2(CC1)CCN(C(=O)O)CC2. The van der Waals surface area contributed by atoms with E-state index in [4.69, 9.17) is 9.84 Å². The van der Waals surface area contributed by atoms with Crippen LogP contribution in [-0.2, 0) is 14.3 Å². The number of carbonyl (C=O) groups excluding carboxylic acids is 3. The van der Waals surface area contributed by atoms with Gasteiger partial charge in [-0.05, 0) is 82.6 Å². The topological polar surface area (TPSA) is 104 Å². The molecule has 2 spiro atoms. The molecule has 2 aliphatic heterocycles. The number of hydrogen-bond acceptors (Lipinski definition) is 5. The molecule has 0 aromatic carbocycles. The number of ketones is 2. The lowest BCUT2D eigenvalue weighted by atomic mass is 9.68. The molecule has 8 heteroatoms. The summed E-state index contributed by atoms with van der Waals surface area (Å²) in [5, 5.41) is 8.84. The molecule has 190 valence electrons. The molecule has 0 aromatic heterocycles. The fourth-order valence-electron chi connectivity index (χ4n) is 5.42. The first kappa shape index (κ1) is 26.2. The Labute approximate surface area is 202 Å². The van der Waals surface area contributed by atoms with E-state index in [2.05, 4.69) is 6.08 Å². The van der Waals surface area contributed by atoms with Gasteiger partial charge < -0.3 is 19.6 Å². The van der Waals surface area contributed by atoms with Gasteiger partial charge in [-0.1, -0.05) is 6.08 Å². The predicted octanol–water partition coefficient (Wildman–Crippen LogP) is 4.81. The highest BCUT2D eigenvalue weighted by Crippen LogP contribution is 2.43. The third-order valence-electron chi connectivity index (χ3n) is 7.87. The summed E-state index contributed by atoms with van der Waals surface area (Å²) < 4.78 is 5.38. The summed E-state index contributed by atoms with van der Waals surface area (Å²) in [4.78, 5) is 48.4. The number of carbonyl (C=O) groups is 4. The first-order chi connectivity index (χ1) is 15.9. The normalized spacial score (nSPS) is 24.0. The lowest BCUT2D eigenvalue weighted by Gasteiger charge is -2.43. The molecule has 0 aromatic rings. The molecule has 0 radical (unpaired) electrons. The number of Topliss-reactive ketones (excluding diaryl/α,β-unsaturated/α-hetero) is 1. The van der Waals surface area contributed by atoms with Gasteiger partial charge in [-0.3, -0.25) is 9.59 Å². The van der Waals surface area contributed by atoms with Crippen LogP contribution in [-0.4, -0.2) is 70.4 Å². The zero-order valence-electron chi connectivity index (χ0n) is 20.9. The summed E-state index contributed by atoms with van der Waals surface area (Å²) in [5.41, 5.74) is -0.0321. The van der Waals surface area contributed by atoms with Crippen LogP contribution in [0.4, 0.5) is 9.59 Å². The molecule has 4 aliphatic rings. The zero-order valence-corrected chi connectivity index (χ0v) is 20.9. The van der Waals surface area contributed by atoms with E-state index in [-0.39, 0.29) is 22.7 Å². The lowest BCUT2D eigenvalue weighted by Crippen LogP contribution is -2.45. The Morgan fingerprint density at radius 2 is 1.41 bits per heavy atom. The quantitative estimate of drug-likeness (QED) is 0.538. The number of piperidine rings is 2. The van der Waals surface area contributed by atoms with Crippen molar-refractivity contribution in [2.24, 2.45) is 10.8 Å². The summed E-state index contributed by atoms with van der Waals surface area (Å²) in [6.07, 6.45) is 11.4. The monoisotopic (exact) mass is 476 g/mol. The Kier molecular flexibility index (Phi) is 8.09. The number of carboxylic acid groups (broad SMARTS) is 1. The highest BCUT2D eigenvalue weighted by atomic mass is 16.6. The van der Waals surface area contributed by atoms with Crippen LogP contribution in [0.25, 0.3) is 0 Å². The number of ether oxygens (including phenoxy) is 1. The number of likely N-dealkylation sites (tertiary alicyclic amines) is 2. The first-order valence-corrected chi connectivity index (χ1v) is 12.6. The second-order valence-electron chi connectivity index (χ2n) is 11.4. The second kappa shape index (κ2) is 10.5. The first-order valence-electron chi connectivity index (χ1n) is 12.6. The third-order valence-corrected chi connectivity index (χ3v) is 7.87. The molecule has 3 fully saturated rings. The van der Waals surface area contributed by atoms with Crippen LogP contribution in [0.2, 0.25) is 0 Å². The van der Waals surface area contributed by atoms with Gasteiger partial charge in [-0.2, -0.15) is 0 Å². The molecule has 8 nitrogen and oxygen atoms in total. The molecule has 2 aliphatic carbocycles. The molecule has 2 amide bonds. The summed E-state index contributed by atoms with van der Waals surface area (Å²) in [6, 6.07) is 0. The maximum atomic E-state index is 12.0. The number of amides is 2. The number of allylic oxidation sites excluding steroid dienone is 2. The van der Waals surface area contributed by atoms with Gasteiger partial charge in [-0.25, -0.2) is 9.59 Å². The van der Waals surface area contributed by atoms with Crippen molar-refractivity contribution in [1.29, 1.82) is 0 Å². The molecular weight excluding hydrogens is 436 g/mol. The second-order valence-corrected chi connectivity index (χ2v) is 11.4. The van der Waals surface area contributed by atoms with Gasteiger partial charge in [-0.15, -0.1) is 0 Å². The van der Waals surface area contributed by atoms with E-state index in [1.807, 2.05) is 20.8 Å². The van der Waals surface area contributed by atoms with Crippen molar-refractivity contribution in [2.45, 2.75) is 90.6 Å². The molecule has 1 saturated carbocycles. The standard InChI is InChI=1S/C15H23NO3.C11H17NO3/c1-14(2,3)19-13(18)16-10-8-15(9-11-16)6-4-12(17)5-7-15;13-9-1-3-11(4-2-9)5-7-12(8-6-11)10(14)15/h4,6H,5,7-11H2,1-3H3;1-8H2,(H,14,15). The smallest absolute Gasteiger partial charge is 0.410 e. The summed E-state index contributed by atoms with van der Waals surface area (Å²) in [7, 11) is 0. The highest BCUT2D eigenvalue weighted by Gasteiger charge is 2.39. The van der Waals surface area contributed by atoms with E-state index in [0.717, 1.165) is 44.9 Å². The van der Waals surface area contributed by atoms with Gasteiger partial charge in [0.2, 0.25) is 0 Å². The molecule has 2 saturated heterocycles. The van der Waals surface area contributed by atoms with E-state index >= 15 is 0 Å². The molecule has 2 heterocycles. The van der Waals surface area contributed by atoms with Gasteiger partial charge >= 0.3 is 12.2 Å². The average molecular weight is 477 g/mol. The molecule has 34 heavy (non-hydrogen) atoms. The minimum Gasteiger partial charge on any atom is -0.465 e. The Morgan fingerprint density at radius 3 is 1.88 bits per heavy atom. The van der Waals surface area contributed by atoms with Gasteiger partial charge in [0.1, 0.15) is 11.4 Å². The molecule has 1 N–H and O–H groups in total. The maximum absolute atomic E-state index is 12.0. The van der Waals surface area contributed by atoms with Crippen LogP contribution in [0, 0.1) is 10.8 Å². The Hall–Kier alpha value is -2.38. The lowest BCUT2D eigenvalue weighted by molar-refractivity contribution is -0.123. The molecule has 0 bridgehead atoms. The molecule has 4 rings (SSSR count). The summed E-state index contributed by atoms with van der Waals surface area (Å²) in [6.45, 7) is 8.36. The Balaban J connectivity index is 0.000000196. The number of nitrogens with zero attached hydrogens (tertiary/aromatic N) is 2. The Morgan fingerprint density at radius 1 is 0.853 bits per heavy atom. The Bertz CT molecular complexity index is 800. The van der Waals surface area contributed by atoms with Crippen molar-refractivity contribution in [3.05, 3.63) is 12.2 Å². The van der Waals surface area contributed by atoms with Crippen LogP contribution >= 0.6 is 0 Å². The van der Waals surface area contributed by atoms with Crippen molar-refractivity contribution in [3.8, 4) is 0 Å². The zero-order chi connectivity index (χ0) is 25.0. The fourth-order valence-corrected chi connectivity index (χ4v) is 5.42. The van der Waals surface area contributed by atoms with E-state index in [1.165, 1.54) is 4.90 Å². The van der Waals surface area contributed by atoms with Crippen molar-refractivity contribution in [1.82, 2.24) is 9.80 Å². The molecule has 0 unspecified atom stereocenters. The van der Waals surface area contributed by atoms with Crippen LogP contribution in [0.15, 0.2) is 12.2 Å². The van der Waals surface area contributed by atoms with Crippen LogP contribution < -0.4 is 0 Å². The van der Waals surface area contributed by atoms with Crippen LogP contribution in [0.5, 0.6) is 0 Å². The van der Waals surface area contributed by atoms with E-state index in [1.54, 1.807) is 11.0 Å². The summed E-state index contributed by atoms with van der Waals surface area (Å²) in [5.74, 6) is 0.599. The highest BCUT2D eigenvalue weighted by molar-refractivity contribution is 5.90. The van der Waals surface area contributed by atoms with Gasteiger partial charge in [0, 0.05) is 45.4 Å². The minimum atomic E-state index is -0.809. The fraction of sp³-hybridized carbons (Fsp3) is 0.769.